The van der Waals surface area contributed by atoms with Gasteiger partial charge in [0.2, 0.25) is 0 Å². The Balaban J connectivity index is 1.94. The van der Waals surface area contributed by atoms with Crippen LogP contribution in [0, 0.1) is 6.92 Å². The second-order valence-corrected chi connectivity index (χ2v) is 5.06. The predicted octanol–water partition coefficient (Wildman–Crippen LogP) is 3.09. The molecule has 0 fully saturated rings. The number of rotatable bonds is 6. The molecule has 0 spiro atoms. The molecular formula is C18H21NO3. The van der Waals surface area contributed by atoms with Crippen molar-refractivity contribution in [2.24, 2.45) is 0 Å². The molecule has 4 nitrogen and oxygen atoms in total. The smallest absolute Gasteiger partial charge is 0.261 e. The summed E-state index contributed by atoms with van der Waals surface area (Å²) in [6, 6.07) is 15.2. The Hall–Kier alpha value is -2.49. The lowest BCUT2D eigenvalue weighted by molar-refractivity contribution is -0.127. The van der Waals surface area contributed by atoms with E-state index in [1.54, 1.807) is 26.2 Å². The Morgan fingerprint density at radius 2 is 1.73 bits per heavy atom. The van der Waals surface area contributed by atoms with Crippen molar-refractivity contribution in [2.45, 2.75) is 26.5 Å². The van der Waals surface area contributed by atoms with E-state index in [2.05, 4.69) is 5.32 Å². The number of benzene rings is 2. The number of aryl methyl sites for hydroxylation is 1. The number of amides is 1. The lowest BCUT2D eigenvalue weighted by Crippen LogP contribution is -2.36. The molecule has 0 aliphatic rings. The van der Waals surface area contributed by atoms with Crippen molar-refractivity contribution in [1.29, 1.82) is 0 Å². The minimum atomic E-state index is -0.597. The molecule has 0 aromatic heterocycles. The summed E-state index contributed by atoms with van der Waals surface area (Å²) in [5.41, 5.74) is 2.25. The lowest BCUT2D eigenvalue weighted by Gasteiger charge is -2.17. The number of carbonyl (C=O) groups is 1. The second kappa shape index (κ2) is 7.50. The fourth-order valence-electron chi connectivity index (χ4n) is 2.09. The van der Waals surface area contributed by atoms with E-state index in [0.717, 1.165) is 11.1 Å². The zero-order valence-electron chi connectivity index (χ0n) is 13.1. The van der Waals surface area contributed by atoms with Gasteiger partial charge in [0.15, 0.2) is 17.6 Å². The standard InChI is InChI=1S/C18H21NO3/c1-13-8-4-5-9-15(13)12-19-18(20)14(2)22-17-11-7-6-10-16(17)21-3/h4-11,14H,12H2,1-3H3,(H,19,20). The molecule has 0 heterocycles. The minimum Gasteiger partial charge on any atom is -0.493 e. The third-order valence-electron chi connectivity index (χ3n) is 3.46. The Morgan fingerprint density at radius 3 is 2.41 bits per heavy atom. The Kier molecular flexibility index (Phi) is 5.42. The average molecular weight is 299 g/mol. The highest BCUT2D eigenvalue weighted by Crippen LogP contribution is 2.26. The van der Waals surface area contributed by atoms with Crippen molar-refractivity contribution < 1.29 is 14.3 Å². The molecule has 2 rings (SSSR count). The van der Waals surface area contributed by atoms with Crippen molar-refractivity contribution in [3.63, 3.8) is 0 Å². The van der Waals surface area contributed by atoms with Gasteiger partial charge in [-0.15, -0.1) is 0 Å². The monoisotopic (exact) mass is 299 g/mol. The quantitative estimate of drug-likeness (QED) is 0.891. The van der Waals surface area contributed by atoms with Gasteiger partial charge in [-0.1, -0.05) is 36.4 Å². The number of ether oxygens (including phenoxy) is 2. The number of methoxy groups -OCH3 is 1. The maximum absolute atomic E-state index is 12.2. The van der Waals surface area contributed by atoms with Crippen LogP contribution in [0.25, 0.3) is 0 Å². The van der Waals surface area contributed by atoms with Gasteiger partial charge in [-0.2, -0.15) is 0 Å². The van der Waals surface area contributed by atoms with Crippen LogP contribution in [0.3, 0.4) is 0 Å². The topological polar surface area (TPSA) is 47.6 Å². The minimum absolute atomic E-state index is 0.158. The molecular weight excluding hydrogens is 278 g/mol. The first-order valence-electron chi connectivity index (χ1n) is 7.23. The molecule has 4 heteroatoms. The number of nitrogens with one attached hydrogen (secondary N) is 1. The third kappa shape index (κ3) is 4.01. The first-order valence-corrected chi connectivity index (χ1v) is 7.23. The van der Waals surface area contributed by atoms with Crippen LogP contribution in [0.4, 0.5) is 0 Å². The van der Waals surface area contributed by atoms with Gasteiger partial charge in [0.1, 0.15) is 0 Å². The molecule has 22 heavy (non-hydrogen) atoms. The fraction of sp³-hybridized carbons (Fsp3) is 0.278. The maximum atomic E-state index is 12.2. The molecule has 0 aliphatic carbocycles. The molecule has 0 saturated heterocycles. The van der Waals surface area contributed by atoms with Crippen LogP contribution in [0.2, 0.25) is 0 Å². The number of hydrogen-bond donors (Lipinski definition) is 1. The largest absolute Gasteiger partial charge is 0.493 e. The van der Waals surface area contributed by atoms with Crippen molar-refractivity contribution >= 4 is 5.91 Å². The Labute approximate surface area is 131 Å². The van der Waals surface area contributed by atoms with E-state index in [4.69, 9.17) is 9.47 Å². The maximum Gasteiger partial charge on any atom is 0.261 e. The van der Waals surface area contributed by atoms with Gasteiger partial charge < -0.3 is 14.8 Å². The van der Waals surface area contributed by atoms with Gasteiger partial charge in [0.05, 0.1) is 7.11 Å². The van der Waals surface area contributed by atoms with Crippen molar-refractivity contribution in [3.05, 3.63) is 59.7 Å². The first-order chi connectivity index (χ1) is 10.6. The van der Waals surface area contributed by atoms with Gasteiger partial charge in [-0.25, -0.2) is 0 Å². The van der Waals surface area contributed by atoms with Gasteiger partial charge in [0.25, 0.3) is 5.91 Å². The summed E-state index contributed by atoms with van der Waals surface area (Å²) in [4.78, 5) is 12.2. The second-order valence-electron chi connectivity index (χ2n) is 5.06. The number of carbonyl (C=O) groups excluding carboxylic acids is 1. The Bertz CT molecular complexity index is 640. The average Bonchev–Trinajstić information content (AvgIpc) is 2.54. The summed E-state index contributed by atoms with van der Waals surface area (Å²) in [6.45, 7) is 4.24. The summed E-state index contributed by atoms with van der Waals surface area (Å²) in [5.74, 6) is 1.01. The SMILES string of the molecule is COc1ccccc1OC(C)C(=O)NCc1ccccc1C. The molecule has 1 N–H and O–H groups in total. The van der Waals surface area contributed by atoms with E-state index >= 15 is 0 Å². The predicted molar refractivity (Wildman–Crippen MR) is 86.1 cm³/mol. The molecule has 2 aromatic rings. The van der Waals surface area contributed by atoms with E-state index < -0.39 is 6.10 Å². The molecule has 0 radical (unpaired) electrons. The van der Waals surface area contributed by atoms with Gasteiger partial charge >= 0.3 is 0 Å². The summed E-state index contributed by atoms with van der Waals surface area (Å²) in [5, 5.41) is 2.89. The molecule has 0 bridgehead atoms. The molecule has 1 amide bonds. The van der Waals surface area contributed by atoms with Crippen molar-refractivity contribution in [3.8, 4) is 11.5 Å². The van der Waals surface area contributed by atoms with Crippen LogP contribution in [-0.2, 0) is 11.3 Å². The summed E-state index contributed by atoms with van der Waals surface area (Å²) < 4.78 is 10.9. The normalized spacial score (nSPS) is 11.6. The van der Waals surface area contributed by atoms with Crippen LogP contribution in [0.1, 0.15) is 18.1 Å². The van der Waals surface area contributed by atoms with Crippen LogP contribution in [0.15, 0.2) is 48.5 Å². The van der Waals surface area contributed by atoms with Gasteiger partial charge in [-0.05, 0) is 37.1 Å². The molecule has 116 valence electrons. The van der Waals surface area contributed by atoms with E-state index in [1.807, 2.05) is 43.3 Å². The van der Waals surface area contributed by atoms with E-state index in [1.165, 1.54) is 0 Å². The van der Waals surface area contributed by atoms with E-state index in [9.17, 15) is 4.79 Å². The highest BCUT2D eigenvalue weighted by molar-refractivity contribution is 5.80. The molecule has 1 atom stereocenters. The molecule has 0 aliphatic heterocycles. The van der Waals surface area contributed by atoms with Crippen LogP contribution < -0.4 is 14.8 Å². The van der Waals surface area contributed by atoms with Crippen LogP contribution >= 0.6 is 0 Å². The summed E-state index contributed by atoms with van der Waals surface area (Å²) >= 11 is 0. The fourth-order valence-corrected chi connectivity index (χ4v) is 2.09. The lowest BCUT2D eigenvalue weighted by atomic mass is 10.1. The zero-order chi connectivity index (χ0) is 15.9. The van der Waals surface area contributed by atoms with Gasteiger partial charge in [-0.3, -0.25) is 4.79 Å². The number of hydrogen-bond acceptors (Lipinski definition) is 3. The van der Waals surface area contributed by atoms with Gasteiger partial charge in [0, 0.05) is 6.54 Å². The highest BCUT2D eigenvalue weighted by Gasteiger charge is 2.16. The third-order valence-corrected chi connectivity index (χ3v) is 3.46. The van der Waals surface area contributed by atoms with Crippen molar-refractivity contribution in [2.75, 3.05) is 7.11 Å². The van der Waals surface area contributed by atoms with Crippen LogP contribution in [0.5, 0.6) is 11.5 Å². The highest BCUT2D eigenvalue weighted by atomic mass is 16.5. The van der Waals surface area contributed by atoms with E-state index in [-0.39, 0.29) is 5.91 Å². The first kappa shape index (κ1) is 15.9. The molecule has 1 unspecified atom stereocenters. The van der Waals surface area contributed by atoms with E-state index in [0.29, 0.717) is 18.0 Å². The number of para-hydroxylation sites is 2. The molecule has 0 saturated carbocycles. The van der Waals surface area contributed by atoms with Crippen LogP contribution in [-0.4, -0.2) is 19.1 Å². The Morgan fingerprint density at radius 1 is 1.09 bits per heavy atom. The molecule has 2 aromatic carbocycles. The summed E-state index contributed by atoms with van der Waals surface area (Å²) in [7, 11) is 1.57. The van der Waals surface area contributed by atoms with Crippen molar-refractivity contribution in [1.82, 2.24) is 5.32 Å². The summed E-state index contributed by atoms with van der Waals surface area (Å²) in [6.07, 6.45) is -0.597. The zero-order valence-corrected chi connectivity index (χ0v) is 13.1.